The molecule has 198 valence electrons. The van der Waals surface area contributed by atoms with E-state index in [1.165, 1.54) is 28.7 Å². The lowest BCUT2D eigenvalue weighted by molar-refractivity contribution is -0.113. The van der Waals surface area contributed by atoms with Crippen molar-refractivity contribution in [1.29, 1.82) is 0 Å². The van der Waals surface area contributed by atoms with Crippen molar-refractivity contribution in [2.45, 2.75) is 38.5 Å². The largest absolute Gasteiger partial charge is 0.486 e. The molecule has 1 amide bonds. The summed E-state index contributed by atoms with van der Waals surface area (Å²) in [4.78, 5) is 25.5. The standard InChI is InChI=1S/C28H30N4O4S2/c1-5-35-27(34)25-22(20-9-7-6-8-10-20)16-37-26(25)29-24(33)17-38-28-31-30-23(32(28)4)15-36-21-13-11-19(12-14-21)18(2)3/h6-14,16,18H,5,15,17H2,1-4H3,(H,29,33). The zero-order valence-corrected chi connectivity index (χ0v) is 23.4. The second-order valence-corrected chi connectivity index (χ2v) is 10.6. The molecule has 0 fully saturated rings. The summed E-state index contributed by atoms with van der Waals surface area (Å²) < 4.78 is 12.9. The van der Waals surface area contributed by atoms with E-state index < -0.39 is 5.97 Å². The highest BCUT2D eigenvalue weighted by Crippen LogP contribution is 2.36. The summed E-state index contributed by atoms with van der Waals surface area (Å²) in [6.45, 7) is 6.56. The van der Waals surface area contributed by atoms with Gasteiger partial charge >= 0.3 is 5.97 Å². The van der Waals surface area contributed by atoms with Crippen LogP contribution in [0, 0.1) is 0 Å². The van der Waals surface area contributed by atoms with Gasteiger partial charge in [-0.3, -0.25) is 4.79 Å². The van der Waals surface area contributed by atoms with Crippen molar-refractivity contribution >= 4 is 40.0 Å². The van der Waals surface area contributed by atoms with Gasteiger partial charge in [0.25, 0.3) is 0 Å². The quantitative estimate of drug-likeness (QED) is 0.177. The molecule has 0 aliphatic carbocycles. The second-order valence-electron chi connectivity index (χ2n) is 8.75. The number of thiophene rings is 1. The molecule has 2 aromatic heterocycles. The minimum atomic E-state index is -0.465. The Morgan fingerprint density at radius 2 is 1.82 bits per heavy atom. The third-order valence-corrected chi connectivity index (χ3v) is 7.70. The van der Waals surface area contributed by atoms with E-state index in [-0.39, 0.29) is 24.9 Å². The van der Waals surface area contributed by atoms with Crippen LogP contribution in [0.15, 0.2) is 65.1 Å². The average Bonchev–Trinajstić information content (AvgIpc) is 3.50. The maximum atomic E-state index is 12.8. The Bertz CT molecular complexity index is 1380. The van der Waals surface area contributed by atoms with Gasteiger partial charge in [0, 0.05) is 18.0 Å². The number of aromatic nitrogens is 3. The van der Waals surface area contributed by atoms with Gasteiger partial charge in [0.2, 0.25) is 5.91 Å². The van der Waals surface area contributed by atoms with Crippen molar-refractivity contribution in [2.75, 3.05) is 17.7 Å². The molecule has 1 N–H and O–H groups in total. The Labute approximate surface area is 230 Å². The molecular weight excluding hydrogens is 520 g/mol. The van der Waals surface area contributed by atoms with Crippen molar-refractivity contribution in [3.8, 4) is 16.9 Å². The first kappa shape index (κ1) is 27.4. The molecule has 0 saturated heterocycles. The summed E-state index contributed by atoms with van der Waals surface area (Å²) in [6.07, 6.45) is 0. The first-order valence-corrected chi connectivity index (χ1v) is 14.1. The first-order chi connectivity index (χ1) is 18.4. The number of carbonyl (C=O) groups excluding carboxylic acids is 2. The molecule has 38 heavy (non-hydrogen) atoms. The number of anilines is 1. The molecule has 0 bridgehead atoms. The molecule has 4 aromatic rings. The molecule has 4 rings (SSSR count). The van der Waals surface area contributed by atoms with E-state index in [0.717, 1.165) is 16.9 Å². The summed E-state index contributed by atoms with van der Waals surface area (Å²) in [5, 5.41) is 14.2. The van der Waals surface area contributed by atoms with Crippen LogP contribution < -0.4 is 10.1 Å². The molecule has 0 unspecified atom stereocenters. The van der Waals surface area contributed by atoms with Crippen molar-refractivity contribution < 1.29 is 19.1 Å². The van der Waals surface area contributed by atoms with Gasteiger partial charge in [-0.15, -0.1) is 21.5 Å². The summed E-state index contributed by atoms with van der Waals surface area (Å²) in [5.41, 5.74) is 3.22. The van der Waals surface area contributed by atoms with Crippen molar-refractivity contribution in [2.24, 2.45) is 7.05 Å². The molecule has 10 heteroatoms. The number of hydrogen-bond donors (Lipinski definition) is 1. The van der Waals surface area contributed by atoms with Crippen molar-refractivity contribution in [1.82, 2.24) is 14.8 Å². The lowest BCUT2D eigenvalue weighted by Crippen LogP contribution is -2.16. The monoisotopic (exact) mass is 550 g/mol. The highest BCUT2D eigenvalue weighted by molar-refractivity contribution is 7.99. The van der Waals surface area contributed by atoms with Crippen LogP contribution in [0.25, 0.3) is 11.1 Å². The summed E-state index contributed by atoms with van der Waals surface area (Å²) >= 11 is 2.56. The number of nitrogens with one attached hydrogen (secondary N) is 1. The van der Waals surface area contributed by atoms with Gasteiger partial charge < -0.3 is 19.4 Å². The zero-order valence-electron chi connectivity index (χ0n) is 21.8. The molecule has 2 heterocycles. The van der Waals surface area contributed by atoms with Crippen molar-refractivity contribution in [3.05, 3.63) is 76.9 Å². The topological polar surface area (TPSA) is 95.3 Å². The lowest BCUT2D eigenvalue weighted by atomic mass is 10.0. The van der Waals surface area contributed by atoms with Crippen LogP contribution in [-0.2, 0) is 23.2 Å². The van der Waals surface area contributed by atoms with Crippen LogP contribution in [-0.4, -0.2) is 39.0 Å². The molecule has 0 atom stereocenters. The van der Waals surface area contributed by atoms with Crippen LogP contribution in [0.4, 0.5) is 5.00 Å². The van der Waals surface area contributed by atoms with Gasteiger partial charge in [-0.1, -0.05) is 68.1 Å². The van der Waals surface area contributed by atoms with Crippen LogP contribution in [0.2, 0.25) is 0 Å². The Balaban J connectivity index is 1.37. The van der Waals surface area contributed by atoms with E-state index in [1.54, 1.807) is 6.92 Å². The number of nitrogens with zero attached hydrogens (tertiary/aromatic N) is 3. The fourth-order valence-electron chi connectivity index (χ4n) is 3.67. The number of esters is 1. The summed E-state index contributed by atoms with van der Waals surface area (Å²) in [5.74, 6) is 1.25. The molecule has 2 aromatic carbocycles. The number of thioether (sulfide) groups is 1. The first-order valence-electron chi connectivity index (χ1n) is 12.2. The number of hydrogen-bond acceptors (Lipinski definition) is 8. The third kappa shape index (κ3) is 6.62. The molecule has 8 nitrogen and oxygen atoms in total. The molecule has 0 aliphatic heterocycles. The van der Waals surface area contributed by atoms with E-state index in [4.69, 9.17) is 9.47 Å². The second kappa shape index (κ2) is 12.7. The van der Waals surface area contributed by atoms with E-state index in [1.807, 2.05) is 59.5 Å². The van der Waals surface area contributed by atoms with Crippen LogP contribution in [0.1, 0.15) is 48.4 Å². The Hall–Kier alpha value is -3.63. The molecule has 0 radical (unpaired) electrons. The maximum Gasteiger partial charge on any atom is 0.341 e. The minimum Gasteiger partial charge on any atom is -0.486 e. The Morgan fingerprint density at radius 3 is 2.50 bits per heavy atom. The predicted molar refractivity (Wildman–Crippen MR) is 151 cm³/mol. The number of amides is 1. The molecular formula is C28H30N4O4S2. The summed E-state index contributed by atoms with van der Waals surface area (Å²) in [7, 11) is 1.84. The average molecular weight is 551 g/mol. The van der Waals surface area contributed by atoms with Gasteiger partial charge in [-0.2, -0.15) is 0 Å². The van der Waals surface area contributed by atoms with Gasteiger partial charge in [0.1, 0.15) is 22.9 Å². The number of rotatable bonds is 11. The minimum absolute atomic E-state index is 0.102. The normalized spacial score (nSPS) is 11.0. The van der Waals surface area contributed by atoms with Gasteiger partial charge in [0.05, 0.1) is 12.4 Å². The Kier molecular flexibility index (Phi) is 9.19. The third-order valence-electron chi connectivity index (χ3n) is 5.78. The molecule has 0 spiro atoms. The number of benzene rings is 2. The number of carbonyl (C=O) groups is 2. The molecule has 0 saturated carbocycles. The smallest absolute Gasteiger partial charge is 0.341 e. The van der Waals surface area contributed by atoms with Gasteiger partial charge in [-0.25, -0.2) is 4.79 Å². The van der Waals surface area contributed by atoms with Gasteiger partial charge in [-0.05, 0) is 36.1 Å². The van der Waals surface area contributed by atoms with E-state index in [0.29, 0.717) is 27.5 Å². The van der Waals surface area contributed by atoms with Crippen LogP contribution >= 0.6 is 23.1 Å². The predicted octanol–water partition coefficient (Wildman–Crippen LogP) is 6.15. The maximum absolute atomic E-state index is 12.8. The number of ether oxygens (including phenoxy) is 2. The highest BCUT2D eigenvalue weighted by atomic mass is 32.2. The fraction of sp³-hybridized carbons (Fsp3) is 0.286. The van der Waals surface area contributed by atoms with Crippen molar-refractivity contribution in [3.63, 3.8) is 0 Å². The summed E-state index contributed by atoms with van der Waals surface area (Å²) in [6, 6.07) is 17.6. The fourth-order valence-corrected chi connectivity index (χ4v) is 5.38. The zero-order chi connectivity index (χ0) is 27.1. The lowest BCUT2D eigenvalue weighted by Gasteiger charge is -2.09. The van der Waals surface area contributed by atoms with E-state index >= 15 is 0 Å². The van der Waals surface area contributed by atoms with Crippen LogP contribution in [0.5, 0.6) is 5.75 Å². The SMILES string of the molecule is CCOC(=O)c1c(-c2ccccc2)csc1NC(=O)CSc1nnc(COc2ccc(C(C)C)cc2)n1C. The van der Waals surface area contributed by atoms with E-state index in [9.17, 15) is 9.59 Å². The Morgan fingerprint density at radius 1 is 1.08 bits per heavy atom. The molecule has 0 aliphatic rings. The highest BCUT2D eigenvalue weighted by Gasteiger charge is 2.23. The van der Waals surface area contributed by atoms with E-state index in [2.05, 4.69) is 41.5 Å². The van der Waals surface area contributed by atoms with Crippen LogP contribution in [0.3, 0.4) is 0 Å². The van der Waals surface area contributed by atoms with Gasteiger partial charge in [0.15, 0.2) is 11.0 Å².